The van der Waals surface area contributed by atoms with Crippen LogP contribution in [0.4, 0.5) is 0 Å². The van der Waals surface area contributed by atoms with Crippen LogP contribution in [0, 0.1) is 0 Å². The highest BCUT2D eigenvalue weighted by atomic mass is 79.9. The number of ether oxygens (including phenoxy) is 1. The second-order valence-corrected chi connectivity index (χ2v) is 4.37. The third-order valence-electron chi connectivity index (χ3n) is 2.05. The molecular weight excluding hydrogens is 272 g/mol. The molecule has 0 aliphatic carbocycles. The van der Waals surface area contributed by atoms with E-state index in [2.05, 4.69) is 32.8 Å². The number of aryl methyl sites for hydroxylation is 1. The van der Waals surface area contributed by atoms with Crippen LogP contribution < -0.4 is 5.56 Å². The first-order valence-electron chi connectivity index (χ1n) is 5.54. The van der Waals surface area contributed by atoms with E-state index in [0.29, 0.717) is 23.5 Å². The fraction of sp³-hybridized carbons (Fsp3) is 0.636. The SMILES string of the molecule is CCCOCc1nc(CCC)c(Br)c(=O)[nH]1. The van der Waals surface area contributed by atoms with Gasteiger partial charge >= 0.3 is 0 Å². The van der Waals surface area contributed by atoms with Gasteiger partial charge in [0.1, 0.15) is 16.9 Å². The van der Waals surface area contributed by atoms with Crippen LogP contribution in [0.3, 0.4) is 0 Å². The van der Waals surface area contributed by atoms with Crippen molar-refractivity contribution in [3.63, 3.8) is 0 Å². The highest BCUT2D eigenvalue weighted by Gasteiger charge is 2.07. The monoisotopic (exact) mass is 288 g/mol. The molecule has 0 aliphatic rings. The first-order valence-corrected chi connectivity index (χ1v) is 6.33. The molecule has 1 aromatic rings. The molecule has 5 heteroatoms. The zero-order valence-electron chi connectivity index (χ0n) is 9.68. The summed E-state index contributed by atoms with van der Waals surface area (Å²) in [6.07, 6.45) is 2.72. The van der Waals surface area contributed by atoms with E-state index in [1.165, 1.54) is 0 Å². The quantitative estimate of drug-likeness (QED) is 0.818. The van der Waals surface area contributed by atoms with Crippen LogP contribution in [0.2, 0.25) is 0 Å². The summed E-state index contributed by atoms with van der Waals surface area (Å²) in [4.78, 5) is 18.6. The molecule has 0 unspecified atom stereocenters. The van der Waals surface area contributed by atoms with Crippen molar-refractivity contribution in [2.45, 2.75) is 39.7 Å². The van der Waals surface area contributed by atoms with Gasteiger partial charge in [0.15, 0.2) is 0 Å². The summed E-state index contributed by atoms with van der Waals surface area (Å²) < 4.78 is 5.88. The molecule has 0 fully saturated rings. The Morgan fingerprint density at radius 2 is 2.12 bits per heavy atom. The van der Waals surface area contributed by atoms with Gasteiger partial charge in [-0.3, -0.25) is 4.79 Å². The zero-order valence-corrected chi connectivity index (χ0v) is 11.3. The lowest BCUT2D eigenvalue weighted by molar-refractivity contribution is 0.115. The molecule has 0 radical (unpaired) electrons. The Labute approximate surface area is 104 Å². The summed E-state index contributed by atoms with van der Waals surface area (Å²) in [5, 5.41) is 0. The molecule has 90 valence electrons. The Morgan fingerprint density at radius 3 is 2.75 bits per heavy atom. The van der Waals surface area contributed by atoms with Gasteiger partial charge in [-0.05, 0) is 28.8 Å². The number of nitrogens with zero attached hydrogens (tertiary/aromatic N) is 1. The third-order valence-corrected chi connectivity index (χ3v) is 2.87. The molecule has 0 atom stereocenters. The fourth-order valence-corrected chi connectivity index (χ4v) is 1.73. The summed E-state index contributed by atoms with van der Waals surface area (Å²) in [6.45, 7) is 5.15. The first kappa shape index (κ1) is 13.4. The third kappa shape index (κ3) is 3.72. The minimum absolute atomic E-state index is 0.131. The maximum atomic E-state index is 11.6. The molecular formula is C11H17BrN2O2. The second-order valence-electron chi connectivity index (χ2n) is 3.58. The Hall–Kier alpha value is -0.680. The molecule has 0 spiro atoms. The van der Waals surface area contributed by atoms with Crippen molar-refractivity contribution in [2.75, 3.05) is 6.61 Å². The molecule has 0 bridgehead atoms. The van der Waals surface area contributed by atoms with E-state index in [1.54, 1.807) is 0 Å². The standard InChI is InChI=1S/C11H17BrN2O2/c1-3-5-8-10(12)11(15)14-9(13-8)7-16-6-4-2/h3-7H2,1-2H3,(H,13,14,15). The Kier molecular flexibility index (Phi) is 5.69. The lowest BCUT2D eigenvalue weighted by atomic mass is 10.2. The largest absolute Gasteiger partial charge is 0.374 e. The molecule has 16 heavy (non-hydrogen) atoms. The molecule has 1 aromatic heterocycles. The van der Waals surface area contributed by atoms with E-state index in [1.807, 2.05) is 6.92 Å². The molecule has 0 amide bonds. The Bertz CT molecular complexity index is 390. The topological polar surface area (TPSA) is 55.0 Å². The van der Waals surface area contributed by atoms with Crippen molar-refractivity contribution in [1.29, 1.82) is 0 Å². The van der Waals surface area contributed by atoms with E-state index < -0.39 is 0 Å². The number of rotatable bonds is 6. The van der Waals surface area contributed by atoms with Crippen molar-refractivity contribution in [3.8, 4) is 0 Å². The number of halogens is 1. The molecule has 1 heterocycles. The van der Waals surface area contributed by atoms with Crippen LogP contribution in [0.1, 0.15) is 38.2 Å². The van der Waals surface area contributed by atoms with Gasteiger partial charge in [-0.15, -0.1) is 0 Å². The summed E-state index contributed by atoms with van der Waals surface area (Å²) in [5.41, 5.74) is 0.676. The van der Waals surface area contributed by atoms with Crippen LogP contribution in [0.5, 0.6) is 0 Å². The molecule has 0 aliphatic heterocycles. The zero-order chi connectivity index (χ0) is 12.0. The molecule has 1 rings (SSSR count). The predicted octanol–water partition coefficient (Wildman–Crippen LogP) is 2.41. The minimum Gasteiger partial charge on any atom is -0.374 e. The van der Waals surface area contributed by atoms with Crippen molar-refractivity contribution in [2.24, 2.45) is 0 Å². The number of hydrogen-bond acceptors (Lipinski definition) is 3. The van der Waals surface area contributed by atoms with Gasteiger partial charge in [-0.2, -0.15) is 0 Å². The highest BCUT2D eigenvalue weighted by molar-refractivity contribution is 9.10. The molecule has 0 saturated carbocycles. The Morgan fingerprint density at radius 1 is 1.38 bits per heavy atom. The smallest absolute Gasteiger partial charge is 0.265 e. The number of nitrogens with one attached hydrogen (secondary N) is 1. The average molecular weight is 289 g/mol. The predicted molar refractivity (Wildman–Crippen MR) is 66.5 cm³/mol. The van der Waals surface area contributed by atoms with Crippen LogP contribution in [0.25, 0.3) is 0 Å². The van der Waals surface area contributed by atoms with Gasteiger partial charge < -0.3 is 9.72 Å². The summed E-state index contributed by atoms with van der Waals surface area (Å²) in [6, 6.07) is 0. The Balaban J connectivity index is 2.82. The summed E-state index contributed by atoms with van der Waals surface area (Å²) in [5.74, 6) is 0.602. The van der Waals surface area contributed by atoms with Gasteiger partial charge in [0, 0.05) is 6.61 Å². The minimum atomic E-state index is -0.131. The van der Waals surface area contributed by atoms with E-state index >= 15 is 0 Å². The first-order chi connectivity index (χ1) is 7.69. The second kappa shape index (κ2) is 6.81. The van der Waals surface area contributed by atoms with Crippen molar-refractivity contribution < 1.29 is 4.74 Å². The molecule has 4 nitrogen and oxygen atoms in total. The number of aromatic nitrogens is 2. The van der Waals surface area contributed by atoms with E-state index in [4.69, 9.17) is 4.74 Å². The van der Waals surface area contributed by atoms with Crippen LogP contribution in [0.15, 0.2) is 9.27 Å². The molecule has 0 saturated heterocycles. The maximum absolute atomic E-state index is 11.6. The number of H-pyrrole nitrogens is 1. The van der Waals surface area contributed by atoms with Gasteiger partial charge in [0.25, 0.3) is 5.56 Å². The lowest BCUT2D eigenvalue weighted by Crippen LogP contribution is -2.16. The van der Waals surface area contributed by atoms with E-state index in [0.717, 1.165) is 25.0 Å². The van der Waals surface area contributed by atoms with Gasteiger partial charge in [0.05, 0.1) is 5.69 Å². The van der Waals surface area contributed by atoms with Gasteiger partial charge in [-0.1, -0.05) is 20.3 Å². The van der Waals surface area contributed by atoms with Crippen LogP contribution in [-0.2, 0) is 17.8 Å². The summed E-state index contributed by atoms with van der Waals surface area (Å²) >= 11 is 3.25. The van der Waals surface area contributed by atoms with Gasteiger partial charge in [-0.25, -0.2) is 4.98 Å². The molecule has 1 N–H and O–H groups in total. The van der Waals surface area contributed by atoms with Crippen LogP contribution in [-0.4, -0.2) is 16.6 Å². The van der Waals surface area contributed by atoms with Crippen molar-refractivity contribution >= 4 is 15.9 Å². The fourth-order valence-electron chi connectivity index (χ4n) is 1.34. The van der Waals surface area contributed by atoms with E-state index in [-0.39, 0.29) is 5.56 Å². The summed E-state index contributed by atoms with van der Waals surface area (Å²) in [7, 11) is 0. The van der Waals surface area contributed by atoms with E-state index in [9.17, 15) is 4.79 Å². The van der Waals surface area contributed by atoms with Gasteiger partial charge in [0.2, 0.25) is 0 Å². The number of aromatic amines is 1. The maximum Gasteiger partial charge on any atom is 0.265 e. The van der Waals surface area contributed by atoms with Crippen LogP contribution >= 0.6 is 15.9 Å². The number of hydrogen-bond donors (Lipinski definition) is 1. The molecule has 0 aromatic carbocycles. The highest BCUT2D eigenvalue weighted by Crippen LogP contribution is 2.11. The lowest BCUT2D eigenvalue weighted by Gasteiger charge is -2.06. The normalized spacial score (nSPS) is 10.7. The van der Waals surface area contributed by atoms with Crippen molar-refractivity contribution in [3.05, 3.63) is 26.3 Å². The average Bonchev–Trinajstić information content (AvgIpc) is 2.26. The van der Waals surface area contributed by atoms with Crippen molar-refractivity contribution in [1.82, 2.24) is 9.97 Å².